The molecule has 3 N–H and O–H groups in total. The van der Waals surface area contributed by atoms with Gasteiger partial charge in [-0.25, -0.2) is 5.01 Å². The molecule has 0 saturated carbocycles. The number of hydrazine groups is 1. The summed E-state index contributed by atoms with van der Waals surface area (Å²) in [6, 6.07) is 9.39. The highest BCUT2D eigenvalue weighted by molar-refractivity contribution is 5.82. The van der Waals surface area contributed by atoms with Gasteiger partial charge in [0.2, 0.25) is 0 Å². The molecule has 1 fully saturated rings. The van der Waals surface area contributed by atoms with Crippen molar-refractivity contribution in [3.05, 3.63) is 35.9 Å². The number of rotatable bonds is 5. The van der Waals surface area contributed by atoms with E-state index in [-0.39, 0.29) is 5.91 Å². The lowest BCUT2D eigenvalue weighted by Crippen LogP contribution is -2.53. The summed E-state index contributed by atoms with van der Waals surface area (Å²) in [6.45, 7) is 3.11. The first-order valence-corrected chi connectivity index (χ1v) is 7.60. The lowest BCUT2D eigenvalue weighted by atomic mass is 10.00. The first kappa shape index (κ1) is 15.0. The van der Waals surface area contributed by atoms with Crippen LogP contribution in [-0.4, -0.2) is 23.5 Å². The van der Waals surface area contributed by atoms with E-state index in [1.807, 2.05) is 30.3 Å². The van der Waals surface area contributed by atoms with Gasteiger partial charge in [0.05, 0.1) is 0 Å². The van der Waals surface area contributed by atoms with Crippen molar-refractivity contribution in [2.45, 2.75) is 51.1 Å². The van der Waals surface area contributed by atoms with Gasteiger partial charge in [0.25, 0.3) is 5.91 Å². The highest BCUT2D eigenvalue weighted by Gasteiger charge is 2.25. The fourth-order valence-electron chi connectivity index (χ4n) is 2.80. The molecule has 4 nitrogen and oxygen atoms in total. The second kappa shape index (κ2) is 7.41. The van der Waals surface area contributed by atoms with E-state index in [9.17, 15) is 4.79 Å². The summed E-state index contributed by atoms with van der Waals surface area (Å²) in [4.78, 5) is 12.3. The van der Waals surface area contributed by atoms with Gasteiger partial charge in [-0.15, -0.1) is 0 Å². The number of hydrogen-bond acceptors (Lipinski definition) is 3. The number of carbonyl (C=O) groups excluding carboxylic acids is 1. The zero-order valence-electron chi connectivity index (χ0n) is 12.2. The number of amides is 1. The Morgan fingerprint density at radius 2 is 2.15 bits per heavy atom. The predicted octanol–water partition coefficient (Wildman–Crippen LogP) is 2.37. The smallest absolute Gasteiger partial charge is 0.255 e. The molecule has 0 radical (unpaired) electrons. The van der Waals surface area contributed by atoms with Crippen molar-refractivity contribution in [1.29, 1.82) is 0 Å². The monoisotopic (exact) mass is 275 g/mol. The second-order valence-corrected chi connectivity index (χ2v) is 5.50. The molecular weight excluding hydrogens is 250 g/mol. The fourth-order valence-corrected chi connectivity index (χ4v) is 2.80. The molecule has 1 amide bonds. The van der Waals surface area contributed by atoms with E-state index >= 15 is 0 Å². The van der Waals surface area contributed by atoms with Crippen LogP contribution < -0.4 is 11.2 Å². The molecule has 2 atom stereocenters. The van der Waals surface area contributed by atoms with Crippen LogP contribution in [-0.2, 0) is 4.79 Å². The summed E-state index contributed by atoms with van der Waals surface area (Å²) >= 11 is 0. The van der Waals surface area contributed by atoms with Crippen LogP contribution in [0.3, 0.4) is 0 Å². The number of benzene rings is 1. The molecule has 1 aromatic carbocycles. The molecule has 0 aromatic heterocycles. The second-order valence-electron chi connectivity index (χ2n) is 5.50. The molecule has 0 spiro atoms. The van der Waals surface area contributed by atoms with Crippen LogP contribution in [0, 0.1) is 0 Å². The van der Waals surface area contributed by atoms with Gasteiger partial charge < -0.3 is 5.73 Å². The predicted molar refractivity (Wildman–Crippen MR) is 80.8 cm³/mol. The van der Waals surface area contributed by atoms with Crippen LogP contribution >= 0.6 is 0 Å². The number of nitrogens with one attached hydrogen (secondary N) is 1. The Kier molecular flexibility index (Phi) is 5.56. The molecule has 0 bridgehead atoms. The molecule has 20 heavy (non-hydrogen) atoms. The lowest BCUT2D eigenvalue weighted by Gasteiger charge is -2.36. The van der Waals surface area contributed by atoms with E-state index in [1.165, 1.54) is 6.42 Å². The van der Waals surface area contributed by atoms with E-state index < -0.39 is 6.04 Å². The molecule has 0 aliphatic carbocycles. The molecule has 1 saturated heterocycles. The number of nitrogens with two attached hydrogens (primary N) is 1. The van der Waals surface area contributed by atoms with Crippen LogP contribution in [0.5, 0.6) is 0 Å². The molecule has 1 aliphatic heterocycles. The standard InChI is InChI=1S/C16H25N3O/c1-2-8-14-11-6-7-12-19(14)18-16(20)15(17)13-9-4-3-5-10-13/h3-5,9-10,14-15H,2,6-8,11-12,17H2,1H3,(H,18,20)/t14?,15-/m1/s1. The van der Waals surface area contributed by atoms with E-state index in [2.05, 4.69) is 17.4 Å². The van der Waals surface area contributed by atoms with Crippen LogP contribution in [0.1, 0.15) is 50.6 Å². The SMILES string of the molecule is CCCC1CCCCN1NC(=O)[C@H](N)c1ccccc1. The third-order valence-electron chi connectivity index (χ3n) is 3.94. The molecule has 4 heteroatoms. The van der Waals surface area contributed by atoms with E-state index in [0.29, 0.717) is 6.04 Å². The Labute approximate surface area is 121 Å². The maximum absolute atomic E-state index is 12.3. The summed E-state index contributed by atoms with van der Waals surface area (Å²) < 4.78 is 0. The third-order valence-corrected chi connectivity index (χ3v) is 3.94. The maximum Gasteiger partial charge on any atom is 0.255 e. The topological polar surface area (TPSA) is 58.4 Å². The van der Waals surface area contributed by atoms with E-state index in [1.54, 1.807) is 0 Å². The highest BCUT2D eigenvalue weighted by atomic mass is 16.2. The average Bonchev–Trinajstić information content (AvgIpc) is 2.49. The Bertz CT molecular complexity index is 419. The Balaban J connectivity index is 1.95. The van der Waals surface area contributed by atoms with Gasteiger partial charge >= 0.3 is 0 Å². The summed E-state index contributed by atoms with van der Waals surface area (Å²) in [7, 11) is 0. The minimum absolute atomic E-state index is 0.112. The van der Waals surface area contributed by atoms with Gasteiger partial charge in [0.1, 0.15) is 6.04 Å². The zero-order valence-corrected chi connectivity index (χ0v) is 12.2. The van der Waals surface area contributed by atoms with Gasteiger partial charge in [-0.3, -0.25) is 10.2 Å². The maximum atomic E-state index is 12.3. The van der Waals surface area contributed by atoms with Crippen molar-refractivity contribution in [2.24, 2.45) is 5.73 Å². The van der Waals surface area contributed by atoms with Crippen molar-refractivity contribution in [3.8, 4) is 0 Å². The number of piperidine rings is 1. The average molecular weight is 275 g/mol. The number of hydrogen-bond donors (Lipinski definition) is 2. The highest BCUT2D eigenvalue weighted by Crippen LogP contribution is 2.19. The lowest BCUT2D eigenvalue weighted by molar-refractivity contribution is -0.129. The minimum atomic E-state index is -0.597. The van der Waals surface area contributed by atoms with Crippen molar-refractivity contribution in [2.75, 3.05) is 6.54 Å². The Morgan fingerprint density at radius 1 is 1.40 bits per heavy atom. The first-order valence-electron chi connectivity index (χ1n) is 7.60. The van der Waals surface area contributed by atoms with Gasteiger partial charge in [-0.05, 0) is 24.8 Å². The quantitative estimate of drug-likeness (QED) is 0.867. The summed E-state index contributed by atoms with van der Waals surface area (Å²) in [5.74, 6) is -0.112. The first-order chi connectivity index (χ1) is 9.72. The summed E-state index contributed by atoms with van der Waals surface area (Å²) in [5, 5.41) is 2.10. The third kappa shape index (κ3) is 3.81. The molecule has 1 aromatic rings. The van der Waals surface area contributed by atoms with Crippen LogP contribution in [0.2, 0.25) is 0 Å². The fraction of sp³-hybridized carbons (Fsp3) is 0.562. The van der Waals surface area contributed by atoms with Gasteiger partial charge in [0, 0.05) is 12.6 Å². The molecule has 1 unspecified atom stereocenters. The molecule has 110 valence electrons. The van der Waals surface area contributed by atoms with Gasteiger partial charge in [0.15, 0.2) is 0 Å². The molecule has 1 heterocycles. The van der Waals surface area contributed by atoms with Crippen molar-refractivity contribution >= 4 is 5.91 Å². The number of nitrogens with zero attached hydrogens (tertiary/aromatic N) is 1. The molecule has 1 aliphatic rings. The van der Waals surface area contributed by atoms with Crippen molar-refractivity contribution < 1.29 is 4.79 Å². The van der Waals surface area contributed by atoms with Gasteiger partial charge in [-0.1, -0.05) is 50.1 Å². The minimum Gasteiger partial charge on any atom is -0.316 e. The normalized spacial score (nSPS) is 21.4. The number of carbonyl (C=O) groups is 1. The Hall–Kier alpha value is -1.39. The van der Waals surface area contributed by atoms with Gasteiger partial charge in [-0.2, -0.15) is 0 Å². The molecule has 2 rings (SSSR count). The van der Waals surface area contributed by atoms with Crippen molar-refractivity contribution in [1.82, 2.24) is 10.4 Å². The summed E-state index contributed by atoms with van der Waals surface area (Å²) in [5.41, 5.74) is 9.91. The van der Waals surface area contributed by atoms with Crippen LogP contribution in [0.25, 0.3) is 0 Å². The Morgan fingerprint density at radius 3 is 2.85 bits per heavy atom. The largest absolute Gasteiger partial charge is 0.316 e. The van der Waals surface area contributed by atoms with E-state index in [4.69, 9.17) is 5.73 Å². The summed E-state index contributed by atoms with van der Waals surface area (Å²) in [6.07, 6.45) is 5.82. The van der Waals surface area contributed by atoms with E-state index in [0.717, 1.165) is 37.8 Å². The van der Waals surface area contributed by atoms with Crippen LogP contribution in [0.15, 0.2) is 30.3 Å². The van der Waals surface area contributed by atoms with Crippen molar-refractivity contribution in [3.63, 3.8) is 0 Å². The van der Waals surface area contributed by atoms with Crippen LogP contribution in [0.4, 0.5) is 0 Å². The molecular formula is C16H25N3O. The zero-order chi connectivity index (χ0) is 14.4.